The van der Waals surface area contributed by atoms with Crippen LogP contribution in [0.25, 0.3) is 0 Å². The van der Waals surface area contributed by atoms with Crippen LogP contribution in [-0.2, 0) is 12.0 Å². The number of aryl methyl sites for hydroxylation is 1. The van der Waals surface area contributed by atoms with Crippen LogP contribution in [0.15, 0.2) is 12.1 Å². The second-order valence-corrected chi connectivity index (χ2v) is 5.67. The van der Waals surface area contributed by atoms with Crippen molar-refractivity contribution in [2.75, 3.05) is 0 Å². The van der Waals surface area contributed by atoms with Gasteiger partial charge in [-0.3, -0.25) is 0 Å². The van der Waals surface area contributed by atoms with E-state index in [1.54, 1.807) is 0 Å². The smallest absolute Gasteiger partial charge is 0.124 e. The monoisotopic (exact) mass is 270 g/mol. The van der Waals surface area contributed by atoms with Crippen molar-refractivity contribution >= 4 is 11.6 Å². The molecule has 1 N–H and O–H groups in total. The van der Waals surface area contributed by atoms with Crippen molar-refractivity contribution in [3.05, 3.63) is 34.1 Å². The Morgan fingerprint density at radius 1 is 1.28 bits per heavy atom. The highest BCUT2D eigenvalue weighted by atomic mass is 35.5. The number of aliphatic hydroxyl groups is 1. The number of benzene rings is 1. The van der Waals surface area contributed by atoms with Crippen LogP contribution in [-0.4, -0.2) is 5.11 Å². The lowest BCUT2D eigenvalue weighted by molar-refractivity contribution is -0.00136. The third-order valence-electron chi connectivity index (χ3n) is 3.80. The van der Waals surface area contributed by atoms with Gasteiger partial charge < -0.3 is 5.11 Å². The molecule has 1 fully saturated rings. The maximum Gasteiger partial charge on any atom is 0.124 e. The van der Waals surface area contributed by atoms with Gasteiger partial charge in [-0.2, -0.15) is 0 Å². The predicted molar refractivity (Wildman–Crippen MR) is 72.4 cm³/mol. The standard InChI is InChI=1S/C15H20ClFO/c1-2-6-11-9-12(17)10-13(16)14(11)15(18)7-4-3-5-8-15/h9-10,18H,2-8H2,1H3. The lowest BCUT2D eigenvalue weighted by atomic mass is 9.77. The molecule has 1 saturated carbocycles. The summed E-state index contributed by atoms with van der Waals surface area (Å²) in [6.07, 6.45) is 6.32. The number of halogens is 2. The Bertz CT molecular complexity index is 425. The van der Waals surface area contributed by atoms with Crippen LogP contribution in [0.1, 0.15) is 56.6 Å². The Labute approximate surface area is 113 Å². The maximum atomic E-state index is 13.5. The minimum atomic E-state index is -0.854. The van der Waals surface area contributed by atoms with E-state index in [9.17, 15) is 9.50 Å². The molecule has 1 aliphatic carbocycles. The zero-order valence-electron chi connectivity index (χ0n) is 10.8. The first kappa shape index (κ1) is 13.8. The highest BCUT2D eigenvalue weighted by Gasteiger charge is 2.35. The van der Waals surface area contributed by atoms with Crippen LogP contribution in [0.3, 0.4) is 0 Å². The average Bonchev–Trinajstić information content (AvgIpc) is 2.28. The summed E-state index contributed by atoms with van der Waals surface area (Å²) in [5.41, 5.74) is 0.784. The van der Waals surface area contributed by atoms with Gasteiger partial charge in [-0.05, 0) is 37.0 Å². The Hall–Kier alpha value is -0.600. The molecular weight excluding hydrogens is 251 g/mol. The fourth-order valence-electron chi connectivity index (χ4n) is 3.00. The summed E-state index contributed by atoms with van der Waals surface area (Å²) in [6, 6.07) is 2.85. The Morgan fingerprint density at radius 2 is 1.94 bits per heavy atom. The van der Waals surface area contributed by atoms with Crippen molar-refractivity contribution in [1.29, 1.82) is 0 Å². The molecule has 1 aromatic carbocycles. The SMILES string of the molecule is CCCc1cc(F)cc(Cl)c1C1(O)CCCCC1. The van der Waals surface area contributed by atoms with Gasteiger partial charge in [0.25, 0.3) is 0 Å². The molecular formula is C15H20ClFO. The van der Waals surface area contributed by atoms with Crippen molar-refractivity contribution in [3.63, 3.8) is 0 Å². The van der Waals surface area contributed by atoms with E-state index in [1.165, 1.54) is 12.1 Å². The number of hydrogen-bond acceptors (Lipinski definition) is 1. The summed E-state index contributed by atoms with van der Waals surface area (Å²) in [6.45, 7) is 2.05. The Balaban J connectivity index is 2.47. The first-order valence-corrected chi connectivity index (χ1v) is 7.15. The highest BCUT2D eigenvalue weighted by molar-refractivity contribution is 6.31. The number of hydrogen-bond donors (Lipinski definition) is 1. The molecule has 0 saturated heterocycles. The zero-order chi connectivity index (χ0) is 13.2. The second-order valence-electron chi connectivity index (χ2n) is 5.26. The molecule has 0 aliphatic heterocycles. The van der Waals surface area contributed by atoms with E-state index in [1.807, 2.05) is 6.92 Å². The van der Waals surface area contributed by atoms with Crippen molar-refractivity contribution in [2.45, 2.75) is 57.5 Å². The second kappa shape index (κ2) is 5.58. The molecule has 0 unspecified atom stereocenters. The van der Waals surface area contributed by atoms with E-state index in [0.717, 1.165) is 56.1 Å². The molecule has 0 aromatic heterocycles. The van der Waals surface area contributed by atoms with E-state index >= 15 is 0 Å². The molecule has 0 heterocycles. The van der Waals surface area contributed by atoms with E-state index in [-0.39, 0.29) is 5.82 Å². The molecule has 0 amide bonds. The van der Waals surface area contributed by atoms with Crippen LogP contribution in [0.4, 0.5) is 4.39 Å². The van der Waals surface area contributed by atoms with Gasteiger partial charge in [0.1, 0.15) is 5.82 Å². The summed E-state index contributed by atoms with van der Waals surface area (Å²) in [4.78, 5) is 0. The normalized spacial score (nSPS) is 18.9. The molecule has 1 nitrogen and oxygen atoms in total. The van der Waals surface area contributed by atoms with E-state index in [0.29, 0.717) is 5.02 Å². The Kier molecular flexibility index (Phi) is 4.29. The summed E-state index contributed by atoms with van der Waals surface area (Å²) >= 11 is 6.19. The zero-order valence-corrected chi connectivity index (χ0v) is 11.6. The van der Waals surface area contributed by atoms with Crippen LogP contribution < -0.4 is 0 Å². The highest BCUT2D eigenvalue weighted by Crippen LogP contribution is 2.42. The predicted octanol–water partition coefficient (Wildman–Crippen LogP) is 4.58. The van der Waals surface area contributed by atoms with E-state index < -0.39 is 5.60 Å². The van der Waals surface area contributed by atoms with Crippen LogP contribution in [0.2, 0.25) is 5.02 Å². The van der Waals surface area contributed by atoms with Crippen LogP contribution in [0, 0.1) is 5.82 Å². The molecule has 1 aliphatic rings. The van der Waals surface area contributed by atoms with Gasteiger partial charge in [0.2, 0.25) is 0 Å². The third-order valence-corrected chi connectivity index (χ3v) is 4.10. The molecule has 0 atom stereocenters. The Morgan fingerprint density at radius 3 is 2.56 bits per heavy atom. The van der Waals surface area contributed by atoms with Crippen molar-refractivity contribution < 1.29 is 9.50 Å². The molecule has 1 aromatic rings. The van der Waals surface area contributed by atoms with Gasteiger partial charge in [-0.1, -0.05) is 44.2 Å². The summed E-state index contributed by atoms with van der Waals surface area (Å²) in [5.74, 6) is -0.313. The first-order chi connectivity index (χ1) is 8.57. The van der Waals surface area contributed by atoms with Gasteiger partial charge in [-0.25, -0.2) is 4.39 Å². The molecule has 2 rings (SSSR count). The average molecular weight is 271 g/mol. The van der Waals surface area contributed by atoms with Crippen molar-refractivity contribution in [3.8, 4) is 0 Å². The lowest BCUT2D eigenvalue weighted by Crippen LogP contribution is -2.30. The third kappa shape index (κ3) is 2.70. The topological polar surface area (TPSA) is 20.2 Å². The fraction of sp³-hybridized carbons (Fsp3) is 0.600. The number of rotatable bonds is 3. The van der Waals surface area contributed by atoms with E-state index in [2.05, 4.69) is 0 Å². The molecule has 0 spiro atoms. The van der Waals surface area contributed by atoms with Gasteiger partial charge in [0.05, 0.1) is 5.60 Å². The largest absolute Gasteiger partial charge is 0.385 e. The minimum absolute atomic E-state index is 0.313. The fourth-order valence-corrected chi connectivity index (χ4v) is 3.40. The van der Waals surface area contributed by atoms with Crippen LogP contribution in [0.5, 0.6) is 0 Å². The quantitative estimate of drug-likeness (QED) is 0.852. The first-order valence-electron chi connectivity index (χ1n) is 6.77. The van der Waals surface area contributed by atoms with E-state index in [4.69, 9.17) is 11.6 Å². The maximum absolute atomic E-state index is 13.5. The summed E-state index contributed by atoms with van der Waals surface area (Å²) in [7, 11) is 0. The summed E-state index contributed by atoms with van der Waals surface area (Å²) in [5, 5.41) is 11.2. The van der Waals surface area contributed by atoms with Crippen molar-refractivity contribution in [1.82, 2.24) is 0 Å². The molecule has 0 bridgehead atoms. The minimum Gasteiger partial charge on any atom is -0.385 e. The lowest BCUT2D eigenvalue weighted by Gasteiger charge is -2.35. The van der Waals surface area contributed by atoms with Gasteiger partial charge in [0, 0.05) is 10.6 Å². The van der Waals surface area contributed by atoms with Crippen LogP contribution >= 0.6 is 11.6 Å². The molecule has 100 valence electrons. The van der Waals surface area contributed by atoms with Gasteiger partial charge >= 0.3 is 0 Å². The van der Waals surface area contributed by atoms with Crippen molar-refractivity contribution in [2.24, 2.45) is 0 Å². The molecule has 3 heteroatoms. The van der Waals surface area contributed by atoms with Gasteiger partial charge in [0.15, 0.2) is 0 Å². The van der Waals surface area contributed by atoms with Gasteiger partial charge in [-0.15, -0.1) is 0 Å². The summed E-state index contributed by atoms with van der Waals surface area (Å²) < 4.78 is 13.5. The molecule has 18 heavy (non-hydrogen) atoms. The molecule has 0 radical (unpaired) electrons.